The predicted molar refractivity (Wildman–Crippen MR) is 89.8 cm³/mol. The first-order valence-corrected chi connectivity index (χ1v) is 8.86. The lowest BCUT2D eigenvalue weighted by molar-refractivity contribution is -0.193. The number of esters is 4. The minimum atomic E-state index is -2.33. The first kappa shape index (κ1) is 21.9. The molecule has 1 heterocycles. The van der Waals surface area contributed by atoms with Crippen molar-refractivity contribution in [1.29, 1.82) is 0 Å². The van der Waals surface area contributed by atoms with Gasteiger partial charge in [0, 0.05) is 18.3 Å². The van der Waals surface area contributed by atoms with Gasteiger partial charge in [0.05, 0.1) is 19.8 Å². The van der Waals surface area contributed by atoms with Crippen molar-refractivity contribution in [3.8, 4) is 0 Å². The van der Waals surface area contributed by atoms with Gasteiger partial charge in [-0.1, -0.05) is 13.8 Å². The van der Waals surface area contributed by atoms with E-state index in [0.717, 1.165) is 0 Å². The molecule has 0 spiro atoms. The summed E-state index contributed by atoms with van der Waals surface area (Å²) in [6, 6.07) is 0. The Balaban J connectivity index is 3.39. The average molecular weight is 372 g/mol. The molecule has 1 aliphatic rings. The lowest BCUT2D eigenvalue weighted by atomic mass is 9.71. The van der Waals surface area contributed by atoms with Crippen LogP contribution in [-0.2, 0) is 38.1 Å². The molecule has 1 rings (SSSR count). The van der Waals surface area contributed by atoms with Gasteiger partial charge >= 0.3 is 23.9 Å². The molecule has 26 heavy (non-hydrogen) atoms. The summed E-state index contributed by atoms with van der Waals surface area (Å²) in [6.07, 6.45) is -0.500. The van der Waals surface area contributed by atoms with Crippen molar-refractivity contribution in [2.75, 3.05) is 19.8 Å². The van der Waals surface area contributed by atoms with E-state index in [9.17, 15) is 19.2 Å². The summed E-state index contributed by atoms with van der Waals surface area (Å²) in [7, 11) is 0. The Bertz CT molecular complexity index is 506. The SMILES string of the molecule is CCOC(=O)C(CC1OC(=O)CCC1(C)C)(C(=O)OCC)C(=O)OCC. The van der Waals surface area contributed by atoms with Crippen LogP contribution in [-0.4, -0.2) is 49.8 Å². The first-order valence-electron chi connectivity index (χ1n) is 8.86. The van der Waals surface area contributed by atoms with Gasteiger partial charge in [-0.3, -0.25) is 19.2 Å². The summed E-state index contributed by atoms with van der Waals surface area (Å²) >= 11 is 0. The molecule has 0 aromatic rings. The average Bonchev–Trinajstić information content (AvgIpc) is 2.56. The van der Waals surface area contributed by atoms with Gasteiger partial charge in [-0.2, -0.15) is 0 Å². The monoisotopic (exact) mass is 372 g/mol. The van der Waals surface area contributed by atoms with E-state index in [1.54, 1.807) is 20.8 Å². The highest BCUT2D eigenvalue weighted by atomic mass is 16.6. The van der Waals surface area contributed by atoms with Gasteiger partial charge in [0.2, 0.25) is 0 Å². The molecular weight excluding hydrogens is 344 g/mol. The number of cyclic esters (lactones) is 1. The van der Waals surface area contributed by atoms with E-state index in [2.05, 4.69) is 0 Å². The largest absolute Gasteiger partial charge is 0.465 e. The van der Waals surface area contributed by atoms with E-state index in [1.165, 1.54) is 0 Å². The van der Waals surface area contributed by atoms with E-state index in [4.69, 9.17) is 18.9 Å². The van der Waals surface area contributed by atoms with Crippen LogP contribution in [0.15, 0.2) is 0 Å². The zero-order valence-corrected chi connectivity index (χ0v) is 16.1. The van der Waals surface area contributed by atoms with Crippen molar-refractivity contribution in [2.45, 2.75) is 60.0 Å². The highest BCUT2D eigenvalue weighted by molar-refractivity contribution is 6.18. The molecule has 0 amide bonds. The normalized spacial score (nSPS) is 19.3. The third-order valence-corrected chi connectivity index (χ3v) is 4.48. The second-order valence-electron chi connectivity index (χ2n) is 6.74. The Morgan fingerprint density at radius 3 is 1.81 bits per heavy atom. The highest BCUT2D eigenvalue weighted by Gasteiger charge is 2.60. The molecule has 148 valence electrons. The summed E-state index contributed by atoms with van der Waals surface area (Å²) in [4.78, 5) is 49.9. The molecule has 1 unspecified atom stereocenters. The molecule has 0 radical (unpaired) electrons. The van der Waals surface area contributed by atoms with Gasteiger partial charge in [0.25, 0.3) is 5.41 Å². The maximum Gasteiger partial charge on any atom is 0.335 e. The van der Waals surface area contributed by atoms with Crippen LogP contribution >= 0.6 is 0 Å². The van der Waals surface area contributed by atoms with Gasteiger partial charge in [0.15, 0.2) is 0 Å². The Labute approximate surface area is 153 Å². The Kier molecular flexibility index (Phi) is 7.59. The van der Waals surface area contributed by atoms with Crippen molar-refractivity contribution in [2.24, 2.45) is 10.8 Å². The zero-order chi connectivity index (χ0) is 20.0. The number of hydrogen-bond donors (Lipinski definition) is 0. The number of rotatable bonds is 8. The van der Waals surface area contributed by atoms with Gasteiger partial charge in [-0.25, -0.2) is 0 Å². The topological polar surface area (TPSA) is 105 Å². The summed E-state index contributed by atoms with van der Waals surface area (Å²) in [5.74, 6) is -3.63. The van der Waals surface area contributed by atoms with Gasteiger partial charge in [-0.05, 0) is 27.2 Å². The second kappa shape index (κ2) is 9.00. The third-order valence-electron chi connectivity index (χ3n) is 4.48. The highest BCUT2D eigenvalue weighted by Crippen LogP contribution is 2.42. The van der Waals surface area contributed by atoms with Gasteiger partial charge in [-0.15, -0.1) is 0 Å². The molecule has 8 heteroatoms. The molecule has 0 N–H and O–H groups in total. The molecule has 1 fully saturated rings. The molecule has 1 aliphatic heterocycles. The third kappa shape index (κ3) is 4.53. The molecule has 0 aromatic heterocycles. The van der Waals surface area contributed by atoms with Crippen LogP contribution in [0.25, 0.3) is 0 Å². The van der Waals surface area contributed by atoms with Crippen molar-refractivity contribution in [3.63, 3.8) is 0 Å². The maximum absolute atomic E-state index is 12.7. The summed E-state index contributed by atoms with van der Waals surface area (Å²) < 4.78 is 20.4. The lowest BCUT2D eigenvalue weighted by Gasteiger charge is -2.40. The number of carbonyl (C=O) groups excluding carboxylic acids is 4. The standard InChI is InChI=1S/C18H28O8/c1-6-23-14(20)18(15(21)24-7-2,16(22)25-8-3)11-12-17(4,5)10-9-13(19)26-12/h12H,6-11H2,1-5H3. The first-order chi connectivity index (χ1) is 12.2. The quantitative estimate of drug-likeness (QED) is 0.361. The number of hydrogen-bond acceptors (Lipinski definition) is 8. The molecule has 1 atom stereocenters. The van der Waals surface area contributed by atoms with Gasteiger partial charge in [0.1, 0.15) is 6.10 Å². The Morgan fingerprint density at radius 2 is 1.42 bits per heavy atom. The number of carbonyl (C=O) groups is 4. The zero-order valence-electron chi connectivity index (χ0n) is 16.1. The van der Waals surface area contributed by atoms with E-state index in [-0.39, 0.29) is 32.7 Å². The van der Waals surface area contributed by atoms with E-state index in [0.29, 0.717) is 6.42 Å². The smallest absolute Gasteiger partial charge is 0.335 e. The van der Waals surface area contributed by atoms with Crippen molar-refractivity contribution < 1.29 is 38.1 Å². The summed E-state index contributed by atoms with van der Waals surface area (Å²) in [5.41, 5.74) is -2.87. The van der Waals surface area contributed by atoms with Crippen molar-refractivity contribution >= 4 is 23.9 Å². The molecule has 8 nitrogen and oxygen atoms in total. The minimum Gasteiger partial charge on any atom is -0.465 e. The minimum absolute atomic E-state index is 0.0345. The Hall–Kier alpha value is -2.12. The Morgan fingerprint density at radius 1 is 1.00 bits per heavy atom. The second-order valence-corrected chi connectivity index (χ2v) is 6.74. The molecule has 1 saturated heterocycles. The van der Waals surface area contributed by atoms with Crippen LogP contribution in [0.2, 0.25) is 0 Å². The van der Waals surface area contributed by atoms with Crippen LogP contribution in [0, 0.1) is 10.8 Å². The van der Waals surface area contributed by atoms with Crippen LogP contribution < -0.4 is 0 Å². The van der Waals surface area contributed by atoms with Crippen LogP contribution in [0.5, 0.6) is 0 Å². The van der Waals surface area contributed by atoms with E-state index < -0.39 is 40.8 Å². The fraction of sp³-hybridized carbons (Fsp3) is 0.778. The lowest BCUT2D eigenvalue weighted by Crippen LogP contribution is -2.54. The fourth-order valence-corrected chi connectivity index (χ4v) is 2.82. The van der Waals surface area contributed by atoms with Gasteiger partial charge < -0.3 is 18.9 Å². The van der Waals surface area contributed by atoms with Crippen molar-refractivity contribution in [3.05, 3.63) is 0 Å². The van der Waals surface area contributed by atoms with Crippen LogP contribution in [0.1, 0.15) is 53.9 Å². The van der Waals surface area contributed by atoms with Crippen LogP contribution in [0.4, 0.5) is 0 Å². The van der Waals surface area contributed by atoms with E-state index in [1.807, 2.05) is 13.8 Å². The maximum atomic E-state index is 12.7. The molecule has 0 bridgehead atoms. The fourth-order valence-electron chi connectivity index (χ4n) is 2.82. The molecule has 0 aliphatic carbocycles. The van der Waals surface area contributed by atoms with E-state index >= 15 is 0 Å². The number of ether oxygens (including phenoxy) is 4. The van der Waals surface area contributed by atoms with Crippen molar-refractivity contribution in [1.82, 2.24) is 0 Å². The summed E-state index contributed by atoms with van der Waals surface area (Å²) in [6.45, 7) is 8.26. The summed E-state index contributed by atoms with van der Waals surface area (Å²) in [5, 5.41) is 0. The van der Waals surface area contributed by atoms with Crippen LogP contribution in [0.3, 0.4) is 0 Å². The molecule has 0 aromatic carbocycles. The molecular formula is C18H28O8. The molecule has 0 saturated carbocycles. The predicted octanol–water partition coefficient (Wildman–Crippen LogP) is 1.78.